The Balaban J connectivity index is 2.43. The fraction of sp³-hybridized carbons (Fsp3) is 0.200. The molecule has 0 saturated heterocycles. The molecule has 4 heteroatoms. The predicted octanol–water partition coefficient (Wildman–Crippen LogP) is 4.28. The van der Waals surface area contributed by atoms with Crippen molar-refractivity contribution in [1.82, 2.24) is 0 Å². The maximum Gasteiger partial charge on any atom is 0.265 e. The van der Waals surface area contributed by atoms with Gasteiger partial charge in [0.05, 0.1) is 0 Å². The van der Waals surface area contributed by atoms with Crippen LogP contribution in [0.15, 0.2) is 42.5 Å². The Bertz CT molecular complexity index is 565. The van der Waals surface area contributed by atoms with Crippen molar-refractivity contribution in [1.29, 1.82) is 0 Å². The first-order valence-electron chi connectivity index (χ1n) is 5.97. The van der Waals surface area contributed by atoms with E-state index in [0.717, 1.165) is 11.3 Å². The molecule has 0 fully saturated rings. The molecular formula is C15H16F2N2. The number of halogens is 2. The fourth-order valence-corrected chi connectivity index (χ4v) is 1.96. The summed E-state index contributed by atoms with van der Waals surface area (Å²) in [7, 11) is 1.77. The second kappa shape index (κ2) is 5.26. The Hall–Kier alpha value is -2.10. The van der Waals surface area contributed by atoms with Gasteiger partial charge in [-0.25, -0.2) is 8.78 Å². The number of nitrogen functional groups attached to an aromatic ring is 1. The molecule has 0 bridgehead atoms. The number of hydrogen-bond donors (Lipinski definition) is 1. The Labute approximate surface area is 111 Å². The molecule has 0 aliphatic carbocycles. The van der Waals surface area contributed by atoms with Gasteiger partial charge in [0.25, 0.3) is 6.43 Å². The number of rotatable bonds is 3. The summed E-state index contributed by atoms with van der Waals surface area (Å²) in [4.78, 5) is 1.74. The first kappa shape index (κ1) is 13.3. The molecule has 0 aliphatic heterocycles. The summed E-state index contributed by atoms with van der Waals surface area (Å²) in [5, 5.41) is 0. The number of alkyl halides is 2. The zero-order valence-electron chi connectivity index (χ0n) is 10.9. The Morgan fingerprint density at radius 1 is 1.05 bits per heavy atom. The Kier molecular flexibility index (Phi) is 3.69. The molecule has 0 amide bonds. The average Bonchev–Trinajstić information content (AvgIpc) is 2.38. The summed E-state index contributed by atoms with van der Waals surface area (Å²) in [6.07, 6.45) is -2.55. The number of nitrogens with zero attached hydrogens (tertiary/aromatic N) is 1. The first-order chi connectivity index (χ1) is 8.99. The largest absolute Gasteiger partial charge is 0.399 e. The lowest BCUT2D eigenvalue weighted by Gasteiger charge is -2.23. The summed E-state index contributed by atoms with van der Waals surface area (Å²) in [5.74, 6) is 0. The van der Waals surface area contributed by atoms with Crippen molar-refractivity contribution < 1.29 is 8.78 Å². The van der Waals surface area contributed by atoms with Crippen LogP contribution >= 0.6 is 0 Å². The molecule has 0 unspecified atom stereocenters. The maximum absolute atomic E-state index is 13.1. The van der Waals surface area contributed by atoms with Crippen LogP contribution in [0.25, 0.3) is 0 Å². The van der Waals surface area contributed by atoms with Crippen LogP contribution in [-0.4, -0.2) is 7.05 Å². The van der Waals surface area contributed by atoms with Crippen LogP contribution in [0.4, 0.5) is 25.8 Å². The van der Waals surface area contributed by atoms with Crippen molar-refractivity contribution in [2.75, 3.05) is 17.7 Å². The third-order valence-corrected chi connectivity index (χ3v) is 3.07. The molecule has 0 aliphatic rings. The van der Waals surface area contributed by atoms with Crippen LogP contribution in [0.5, 0.6) is 0 Å². The molecule has 100 valence electrons. The lowest BCUT2D eigenvalue weighted by atomic mass is 10.1. The van der Waals surface area contributed by atoms with Gasteiger partial charge in [-0.1, -0.05) is 17.7 Å². The van der Waals surface area contributed by atoms with E-state index in [1.165, 1.54) is 6.07 Å². The zero-order valence-corrected chi connectivity index (χ0v) is 10.9. The monoisotopic (exact) mass is 262 g/mol. The van der Waals surface area contributed by atoms with Crippen LogP contribution in [0.1, 0.15) is 17.6 Å². The van der Waals surface area contributed by atoms with Gasteiger partial charge in [-0.05, 0) is 37.3 Å². The van der Waals surface area contributed by atoms with Gasteiger partial charge in [-0.3, -0.25) is 0 Å². The summed E-state index contributed by atoms with van der Waals surface area (Å²) in [6.45, 7) is 1.98. The maximum atomic E-state index is 13.1. The van der Waals surface area contributed by atoms with Gasteiger partial charge in [0.2, 0.25) is 0 Å². The van der Waals surface area contributed by atoms with Crippen molar-refractivity contribution in [2.45, 2.75) is 13.3 Å². The smallest absolute Gasteiger partial charge is 0.265 e. The molecular weight excluding hydrogens is 246 g/mol. The van der Waals surface area contributed by atoms with E-state index in [1.54, 1.807) is 24.1 Å². The van der Waals surface area contributed by atoms with Crippen molar-refractivity contribution in [3.8, 4) is 0 Å². The molecule has 0 aromatic heterocycles. The highest BCUT2D eigenvalue weighted by atomic mass is 19.3. The average molecular weight is 262 g/mol. The second-order valence-electron chi connectivity index (χ2n) is 4.51. The number of aryl methyl sites for hydroxylation is 1. The van der Waals surface area contributed by atoms with Crippen LogP contribution in [0.2, 0.25) is 0 Å². The molecule has 0 radical (unpaired) electrons. The molecule has 2 aromatic rings. The normalized spacial score (nSPS) is 10.8. The van der Waals surface area contributed by atoms with Gasteiger partial charge in [0.15, 0.2) is 0 Å². The molecule has 0 heterocycles. The quantitative estimate of drug-likeness (QED) is 0.836. The molecule has 2 aromatic carbocycles. The molecule has 2 rings (SSSR count). The molecule has 2 nitrogen and oxygen atoms in total. The van der Waals surface area contributed by atoms with Crippen LogP contribution in [0, 0.1) is 6.92 Å². The summed E-state index contributed by atoms with van der Waals surface area (Å²) in [6, 6.07) is 12.3. The number of anilines is 3. The van der Waals surface area contributed by atoms with Gasteiger partial charge in [0.1, 0.15) is 0 Å². The van der Waals surface area contributed by atoms with E-state index in [0.29, 0.717) is 11.4 Å². The first-order valence-corrected chi connectivity index (χ1v) is 5.97. The minimum Gasteiger partial charge on any atom is -0.399 e. The Morgan fingerprint density at radius 2 is 1.68 bits per heavy atom. The molecule has 19 heavy (non-hydrogen) atoms. The molecule has 0 spiro atoms. The van der Waals surface area contributed by atoms with Gasteiger partial charge in [0, 0.05) is 29.7 Å². The molecule has 0 saturated carbocycles. The minimum atomic E-state index is -2.55. The highest BCUT2D eigenvalue weighted by molar-refractivity contribution is 5.68. The van der Waals surface area contributed by atoms with E-state index in [2.05, 4.69) is 0 Å². The van der Waals surface area contributed by atoms with Gasteiger partial charge < -0.3 is 10.6 Å². The summed E-state index contributed by atoms with van der Waals surface area (Å²) < 4.78 is 26.1. The van der Waals surface area contributed by atoms with Crippen molar-refractivity contribution in [3.63, 3.8) is 0 Å². The van der Waals surface area contributed by atoms with Crippen molar-refractivity contribution in [3.05, 3.63) is 53.6 Å². The number of hydrogen-bond acceptors (Lipinski definition) is 2. The van der Waals surface area contributed by atoms with Crippen molar-refractivity contribution in [2.24, 2.45) is 0 Å². The lowest BCUT2D eigenvalue weighted by Crippen LogP contribution is -2.12. The van der Waals surface area contributed by atoms with Crippen molar-refractivity contribution >= 4 is 17.1 Å². The fourth-order valence-electron chi connectivity index (χ4n) is 1.96. The standard InChI is InChI=1S/C15H16F2N2/c1-10-3-6-12(7-4-10)19(2)14-8-5-11(18)9-13(14)15(16)17/h3-9,15H,18H2,1-2H3. The topological polar surface area (TPSA) is 29.3 Å². The molecule has 2 N–H and O–H groups in total. The zero-order chi connectivity index (χ0) is 14.0. The lowest BCUT2D eigenvalue weighted by molar-refractivity contribution is 0.152. The number of benzene rings is 2. The van der Waals surface area contributed by atoms with E-state index in [4.69, 9.17) is 5.73 Å². The van der Waals surface area contributed by atoms with E-state index in [9.17, 15) is 8.78 Å². The highest BCUT2D eigenvalue weighted by Crippen LogP contribution is 2.34. The highest BCUT2D eigenvalue weighted by Gasteiger charge is 2.16. The predicted molar refractivity (Wildman–Crippen MR) is 75.1 cm³/mol. The molecule has 0 atom stereocenters. The second-order valence-corrected chi connectivity index (χ2v) is 4.51. The Morgan fingerprint density at radius 3 is 2.26 bits per heavy atom. The third-order valence-electron chi connectivity index (χ3n) is 3.07. The summed E-state index contributed by atoms with van der Waals surface area (Å²) in [5.41, 5.74) is 8.32. The minimum absolute atomic E-state index is 0.0527. The van der Waals surface area contributed by atoms with E-state index >= 15 is 0 Å². The van der Waals surface area contributed by atoms with E-state index in [1.807, 2.05) is 31.2 Å². The van der Waals surface area contributed by atoms with E-state index in [-0.39, 0.29) is 5.56 Å². The van der Waals surface area contributed by atoms with Gasteiger partial charge in [-0.2, -0.15) is 0 Å². The van der Waals surface area contributed by atoms with Crippen LogP contribution in [-0.2, 0) is 0 Å². The van der Waals surface area contributed by atoms with Crippen LogP contribution in [0.3, 0.4) is 0 Å². The SMILES string of the molecule is Cc1ccc(N(C)c2ccc(N)cc2C(F)F)cc1. The number of nitrogens with two attached hydrogens (primary N) is 1. The van der Waals surface area contributed by atoms with Gasteiger partial charge in [-0.15, -0.1) is 0 Å². The summed E-state index contributed by atoms with van der Waals surface area (Å²) >= 11 is 0. The van der Waals surface area contributed by atoms with Crippen LogP contribution < -0.4 is 10.6 Å². The van der Waals surface area contributed by atoms with Gasteiger partial charge >= 0.3 is 0 Å². The third kappa shape index (κ3) is 2.84. The van der Waals surface area contributed by atoms with E-state index < -0.39 is 6.43 Å².